The highest BCUT2D eigenvalue weighted by Crippen LogP contribution is 2.27. The molecule has 0 radical (unpaired) electrons. The Morgan fingerprint density at radius 1 is 1.04 bits per heavy atom. The minimum absolute atomic E-state index is 0.0511. The summed E-state index contributed by atoms with van der Waals surface area (Å²) >= 11 is 0. The maximum Gasteiger partial charge on any atom is 0.223 e. The highest BCUT2D eigenvalue weighted by atomic mass is 16.2. The quantitative estimate of drug-likeness (QED) is 0.813. The molecule has 0 aliphatic carbocycles. The summed E-state index contributed by atoms with van der Waals surface area (Å²) in [5, 5.41) is 2.95. The Morgan fingerprint density at radius 2 is 1.69 bits per heavy atom. The molecule has 0 aliphatic heterocycles. The van der Waals surface area contributed by atoms with E-state index in [0.29, 0.717) is 19.0 Å². The highest BCUT2D eigenvalue weighted by molar-refractivity contribution is 5.93. The third-order valence-corrected chi connectivity index (χ3v) is 4.53. The zero-order valence-corrected chi connectivity index (χ0v) is 16.1. The summed E-state index contributed by atoms with van der Waals surface area (Å²) in [6, 6.07) is 15.9. The molecule has 2 rings (SSSR count). The van der Waals surface area contributed by atoms with Crippen LogP contribution >= 0.6 is 0 Å². The van der Waals surface area contributed by atoms with Gasteiger partial charge in [0.1, 0.15) is 0 Å². The maximum atomic E-state index is 12.3. The predicted molar refractivity (Wildman–Crippen MR) is 106 cm³/mol. The zero-order chi connectivity index (χ0) is 19.1. The maximum absolute atomic E-state index is 12.3. The lowest BCUT2D eigenvalue weighted by molar-refractivity contribution is -0.121. The van der Waals surface area contributed by atoms with Crippen LogP contribution in [0.15, 0.2) is 48.5 Å². The van der Waals surface area contributed by atoms with Crippen molar-refractivity contribution in [3.05, 3.63) is 65.2 Å². The molecule has 0 bridgehead atoms. The molecule has 0 aliphatic rings. The lowest BCUT2D eigenvalue weighted by atomic mass is 10.0. The normalized spacial score (nSPS) is 10.7. The Morgan fingerprint density at radius 3 is 2.35 bits per heavy atom. The second kappa shape index (κ2) is 9.18. The predicted octanol–water partition coefficient (Wildman–Crippen LogP) is 4.18. The summed E-state index contributed by atoms with van der Waals surface area (Å²) in [6.45, 7) is 8.66. The van der Waals surface area contributed by atoms with Gasteiger partial charge in [0, 0.05) is 32.1 Å². The van der Waals surface area contributed by atoms with Crippen LogP contribution in [0, 0.1) is 6.92 Å². The molecule has 0 saturated carbocycles. The second-order valence-electron chi connectivity index (χ2n) is 6.84. The number of nitrogens with zero attached hydrogens (tertiary/aromatic N) is 1. The molecule has 0 saturated heterocycles. The molecule has 1 N–H and O–H groups in total. The number of carbonyl (C=O) groups excluding carboxylic acids is 2. The van der Waals surface area contributed by atoms with E-state index in [9.17, 15) is 9.59 Å². The SMILES string of the molecule is CC(=O)N(CCC(=O)NCc1ccccc1C)c1ccccc1C(C)C. The fraction of sp³-hybridized carbons (Fsp3) is 0.364. The van der Waals surface area contributed by atoms with E-state index in [4.69, 9.17) is 0 Å². The van der Waals surface area contributed by atoms with E-state index in [1.807, 2.05) is 55.5 Å². The zero-order valence-electron chi connectivity index (χ0n) is 16.1. The van der Waals surface area contributed by atoms with Gasteiger partial charge < -0.3 is 10.2 Å². The van der Waals surface area contributed by atoms with Crippen LogP contribution in [0.3, 0.4) is 0 Å². The molecule has 0 heterocycles. The standard InChI is InChI=1S/C22H28N2O2/c1-16(2)20-11-7-8-12-21(20)24(18(4)25)14-13-22(26)23-15-19-10-6-5-9-17(19)3/h5-12,16H,13-15H2,1-4H3,(H,23,26). The topological polar surface area (TPSA) is 49.4 Å². The first-order chi connectivity index (χ1) is 12.4. The van der Waals surface area contributed by atoms with Crippen molar-refractivity contribution in [1.82, 2.24) is 5.32 Å². The van der Waals surface area contributed by atoms with Gasteiger partial charge in [-0.2, -0.15) is 0 Å². The van der Waals surface area contributed by atoms with Gasteiger partial charge >= 0.3 is 0 Å². The average Bonchev–Trinajstić information content (AvgIpc) is 2.61. The Bertz CT molecular complexity index is 768. The van der Waals surface area contributed by atoms with Crippen LogP contribution in [-0.4, -0.2) is 18.4 Å². The minimum Gasteiger partial charge on any atom is -0.352 e. The molecule has 0 fully saturated rings. The van der Waals surface area contributed by atoms with E-state index in [0.717, 1.165) is 22.4 Å². The molecule has 2 aromatic rings. The number of benzene rings is 2. The first-order valence-electron chi connectivity index (χ1n) is 9.08. The summed E-state index contributed by atoms with van der Waals surface area (Å²) in [7, 11) is 0. The molecule has 138 valence electrons. The molecule has 2 aromatic carbocycles. The summed E-state index contributed by atoms with van der Waals surface area (Å²) in [5.74, 6) is 0.203. The number of para-hydroxylation sites is 1. The molecule has 4 heteroatoms. The number of amides is 2. The van der Waals surface area contributed by atoms with Crippen LogP contribution < -0.4 is 10.2 Å². The van der Waals surface area contributed by atoms with Gasteiger partial charge in [-0.25, -0.2) is 0 Å². The van der Waals surface area contributed by atoms with Crippen LogP contribution in [0.25, 0.3) is 0 Å². The molecule has 0 aromatic heterocycles. The Hall–Kier alpha value is -2.62. The lowest BCUT2D eigenvalue weighted by Gasteiger charge is -2.25. The number of nitrogens with one attached hydrogen (secondary N) is 1. The largest absolute Gasteiger partial charge is 0.352 e. The molecule has 0 atom stereocenters. The monoisotopic (exact) mass is 352 g/mol. The lowest BCUT2D eigenvalue weighted by Crippen LogP contribution is -2.34. The number of hydrogen-bond donors (Lipinski definition) is 1. The van der Waals surface area contributed by atoms with E-state index < -0.39 is 0 Å². The Balaban J connectivity index is 2.00. The molecular formula is C22H28N2O2. The van der Waals surface area contributed by atoms with Gasteiger partial charge in [0.15, 0.2) is 0 Å². The first-order valence-corrected chi connectivity index (χ1v) is 9.08. The summed E-state index contributed by atoms with van der Waals surface area (Å²) < 4.78 is 0. The summed E-state index contributed by atoms with van der Waals surface area (Å²) in [6.07, 6.45) is 0.276. The van der Waals surface area contributed by atoms with Gasteiger partial charge in [0.05, 0.1) is 0 Å². The van der Waals surface area contributed by atoms with Crippen LogP contribution in [0.1, 0.15) is 49.8 Å². The second-order valence-corrected chi connectivity index (χ2v) is 6.84. The van der Waals surface area contributed by atoms with Gasteiger partial charge in [-0.3, -0.25) is 9.59 Å². The van der Waals surface area contributed by atoms with Crippen molar-refractivity contribution in [3.8, 4) is 0 Å². The number of aryl methyl sites for hydroxylation is 1. The summed E-state index contributed by atoms with van der Waals surface area (Å²) in [5.41, 5.74) is 4.27. The van der Waals surface area contributed by atoms with Crippen molar-refractivity contribution in [1.29, 1.82) is 0 Å². The van der Waals surface area contributed by atoms with E-state index in [1.165, 1.54) is 0 Å². The highest BCUT2D eigenvalue weighted by Gasteiger charge is 2.17. The Labute approximate surface area is 156 Å². The van der Waals surface area contributed by atoms with E-state index in [1.54, 1.807) is 11.8 Å². The van der Waals surface area contributed by atoms with E-state index >= 15 is 0 Å². The van der Waals surface area contributed by atoms with Crippen molar-refractivity contribution in [2.24, 2.45) is 0 Å². The van der Waals surface area contributed by atoms with Gasteiger partial charge in [0.2, 0.25) is 11.8 Å². The van der Waals surface area contributed by atoms with Crippen LogP contribution in [0.4, 0.5) is 5.69 Å². The number of carbonyl (C=O) groups is 2. The van der Waals surface area contributed by atoms with Gasteiger partial charge in [0.25, 0.3) is 0 Å². The van der Waals surface area contributed by atoms with Gasteiger partial charge in [-0.05, 0) is 35.6 Å². The van der Waals surface area contributed by atoms with E-state index in [-0.39, 0.29) is 18.2 Å². The van der Waals surface area contributed by atoms with Crippen molar-refractivity contribution in [3.63, 3.8) is 0 Å². The molecular weight excluding hydrogens is 324 g/mol. The molecule has 26 heavy (non-hydrogen) atoms. The van der Waals surface area contributed by atoms with Crippen molar-refractivity contribution in [2.45, 2.75) is 46.6 Å². The molecule has 0 spiro atoms. The van der Waals surface area contributed by atoms with Crippen LogP contribution in [-0.2, 0) is 16.1 Å². The van der Waals surface area contributed by atoms with Crippen LogP contribution in [0.5, 0.6) is 0 Å². The number of rotatable bonds is 7. The number of hydrogen-bond acceptors (Lipinski definition) is 2. The third kappa shape index (κ3) is 5.19. The van der Waals surface area contributed by atoms with Crippen LogP contribution in [0.2, 0.25) is 0 Å². The summed E-state index contributed by atoms with van der Waals surface area (Å²) in [4.78, 5) is 26.1. The minimum atomic E-state index is -0.0541. The Kier molecular flexibility index (Phi) is 6.96. The molecule has 4 nitrogen and oxygen atoms in total. The molecule has 0 unspecified atom stereocenters. The fourth-order valence-electron chi connectivity index (χ4n) is 2.97. The average molecular weight is 352 g/mol. The first kappa shape index (κ1) is 19.7. The van der Waals surface area contributed by atoms with Gasteiger partial charge in [-0.15, -0.1) is 0 Å². The fourth-order valence-corrected chi connectivity index (χ4v) is 2.97. The van der Waals surface area contributed by atoms with Crippen molar-refractivity contribution < 1.29 is 9.59 Å². The van der Waals surface area contributed by atoms with Crippen molar-refractivity contribution >= 4 is 17.5 Å². The smallest absolute Gasteiger partial charge is 0.223 e. The van der Waals surface area contributed by atoms with E-state index in [2.05, 4.69) is 19.2 Å². The number of anilines is 1. The molecule has 2 amide bonds. The van der Waals surface area contributed by atoms with Crippen molar-refractivity contribution in [2.75, 3.05) is 11.4 Å². The third-order valence-electron chi connectivity index (χ3n) is 4.53. The van der Waals surface area contributed by atoms with Gasteiger partial charge in [-0.1, -0.05) is 56.3 Å².